The van der Waals surface area contributed by atoms with Crippen LogP contribution in [0.15, 0.2) is 22.8 Å². The van der Waals surface area contributed by atoms with Crippen LogP contribution in [0.5, 0.6) is 0 Å². The predicted molar refractivity (Wildman–Crippen MR) is 70.4 cm³/mol. The Morgan fingerprint density at radius 3 is 2.44 bits per heavy atom. The van der Waals surface area contributed by atoms with Crippen LogP contribution >= 0.6 is 15.9 Å². The Morgan fingerprint density at radius 1 is 1.39 bits per heavy atom. The van der Waals surface area contributed by atoms with Gasteiger partial charge in [-0.1, -0.05) is 19.9 Å². The summed E-state index contributed by atoms with van der Waals surface area (Å²) in [5, 5.41) is 11.8. The van der Waals surface area contributed by atoms with Crippen molar-refractivity contribution in [2.24, 2.45) is 0 Å². The number of carboxylic acids is 1. The minimum Gasteiger partial charge on any atom is -0.480 e. The number of carbonyl (C=O) groups excluding carboxylic acids is 1. The third kappa shape index (κ3) is 3.07. The zero-order valence-electron chi connectivity index (χ0n) is 10.2. The van der Waals surface area contributed by atoms with E-state index in [1.165, 1.54) is 6.07 Å². The molecule has 0 atom stereocenters. The van der Waals surface area contributed by atoms with Crippen LogP contribution in [0.1, 0.15) is 37.2 Å². The molecule has 0 radical (unpaired) electrons. The molecule has 0 aliphatic rings. The standard InChI is InChI=1S/C12H15BrN2O3/c1-3-12(4-2,11(17)18)15-10(16)8-6-5-7-9(13)14-8/h5-7H,3-4H2,1-2H3,(H,15,16)(H,17,18). The summed E-state index contributed by atoms with van der Waals surface area (Å²) in [6.45, 7) is 3.46. The first-order valence-corrected chi connectivity index (χ1v) is 6.43. The highest BCUT2D eigenvalue weighted by atomic mass is 79.9. The molecular formula is C12H15BrN2O3. The molecule has 0 spiro atoms. The second-order valence-electron chi connectivity index (χ2n) is 3.89. The monoisotopic (exact) mass is 314 g/mol. The van der Waals surface area contributed by atoms with Gasteiger partial charge >= 0.3 is 5.97 Å². The van der Waals surface area contributed by atoms with Gasteiger partial charge < -0.3 is 10.4 Å². The SMILES string of the molecule is CCC(CC)(NC(=O)c1cccc(Br)n1)C(=O)O. The van der Waals surface area contributed by atoms with Crippen LogP contribution in [0.25, 0.3) is 0 Å². The van der Waals surface area contributed by atoms with Crippen LogP contribution in [-0.4, -0.2) is 27.5 Å². The van der Waals surface area contributed by atoms with Crippen molar-refractivity contribution in [3.63, 3.8) is 0 Å². The van der Waals surface area contributed by atoms with E-state index in [1.54, 1.807) is 26.0 Å². The first-order chi connectivity index (χ1) is 8.45. The Bertz CT molecular complexity index is 458. The number of rotatable bonds is 5. The fourth-order valence-electron chi connectivity index (χ4n) is 1.60. The molecule has 0 aliphatic heterocycles. The van der Waals surface area contributed by atoms with Crippen molar-refractivity contribution in [1.29, 1.82) is 0 Å². The summed E-state index contributed by atoms with van der Waals surface area (Å²) in [5.74, 6) is -1.52. The summed E-state index contributed by atoms with van der Waals surface area (Å²) in [7, 11) is 0. The molecular weight excluding hydrogens is 300 g/mol. The van der Waals surface area contributed by atoms with Gasteiger partial charge in [0.15, 0.2) is 0 Å². The fraction of sp³-hybridized carbons (Fsp3) is 0.417. The van der Waals surface area contributed by atoms with E-state index in [0.717, 1.165) is 0 Å². The van der Waals surface area contributed by atoms with Crippen molar-refractivity contribution >= 4 is 27.8 Å². The van der Waals surface area contributed by atoms with E-state index < -0.39 is 17.4 Å². The number of nitrogens with zero attached hydrogens (tertiary/aromatic N) is 1. The fourth-order valence-corrected chi connectivity index (χ4v) is 1.94. The maximum atomic E-state index is 12.0. The lowest BCUT2D eigenvalue weighted by molar-refractivity contribution is -0.144. The van der Waals surface area contributed by atoms with Gasteiger partial charge in [0, 0.05) is 0 Å². The summed E-state index contributed by atoms with van der Waals surface area (Å²) in [6, 6.07) is 4.91. The second-order valence-corrected chi connectivity index (χ2v) is 4.71. The van der Waals surface area contributed by atoms with Crippen LogP contribution < -0.4 is 5.32 Å². The molecule has 1 aromatic rings. The van der Waals surface area contributed by atoms with Gasteiger partial charge in [-0.2, -0.15) is 0 Å². The van der Waals surface area contributed by atoms with E-state index in [-0.39, 0.29) is 5.69 Å². The minimum absolute atomic E-state index is 0.192. The van der Waals surface area contributed by atoms with E-state index in [9.17, 15) is 14.7 Å². The average molecular weight is 315 g/mol. The van der Waals surface area contributed by atoms with Crippen LogP contribution in [0, 0.1) is 0 Å². The number of aromatic nitrogens is 1. The Kier molecular flexibility index (Phi) is 4.84. The number of amides is 1. The second kappa shape index (κ2) is 5.95. The number of halogens is 1. The van der Waals surface area contributed by atoms with Crippen molar-refractivity contribution in [3.8, 4) is 0 Å². The van der Waals surface area contributed by atoms with Gasteiger partial charge in [-0.25, -0.2) is 9.78 Å². The molecule has 0 saturated heterocycles. The third-order valence-corrected chi connectivity index (χ3v) is 3.36. The molecule has 18 heavy (non-hydrogen) atoms. The quantitative estimate of drug-likeness (QED) is 0.817. The van der Waals surface area contributed by atoms with E-state index in [0.29, 0.717) is 17.4 Å². The average Bonchev–Trinajstić information content (AvgIpc) is 2.35. The normalized spacial score (nSPS) is 11.1. The van der Waals surface area contributed by atoms with Crippen molar-refractivity contribution in [2.75, 3.05) is 0 Å². The number of pyridine rings is 1. The molecule has 98 valence electrons. The molecule has 1 amide bonds. The van der Waals surface area contributed by atoms with Gasteiger partial charge in [0.25, 0.3) is 5.91 Å². The maximum Gasteiger partial charge on any atom is 0.329 e. The Hall–Kier alpha value is -1.43. The van der Waals surface area contributed by atoms with E-state index >= 15 is 0 Å². The number of hydrogen-bond acceptors (Lipinski definition) is 3. The van der Waals surface area contributed by atoms with Crippen molar-refractivity contribution in [1.82, 2.24) is 10.3 Å². The van der Waals surface area contributed by atoms with Crippen LogP contribution in [0.2, 0.25) is 0 Å². The van der Waals surface area contributed by atoms with Gasteiger partial charge in [0.2, 0.25) is 0 Å². The summed E-state index contributed by atoms with van der Waals surface area (Å²) < 4.78 is 0.532. The van der Waals surface area contributed by atoms with Crippen LogP contribution in [0.3, 0.4) is 0 Å². The lowest BCUT2D eigenvalue weighted by atomic mass is 9.93. The van der Waals surface area contributed by atoms with Crippen molar-refractivity contribution in [2.45, 2.75) is 32.2 Å². The molecule has 0 aromatic carbocycles. The Morgan fingerprint density at radius 2 is 2.00 bits per heavy atom. The Balaban J connectivity index is 2.95. The number of aliphatic carboxylic acids is 1. The minimum atomic E-state index is -1.24. The summed E-state index contributed by atoms with van der Waals surface area (Å²) in [4.78, 5) is 27.2. The highest BCUT2D eigenvalue weighted by Gasteiger charge is 2.36. The lowest BCUT2D eigenvalue weighted by Crippen LogP contribution is -2.53. The number of hydrogen-bond donors (Lipinski definition) is 2. The van der Waals surface area contributed by atoms with Gasteiger partial charge in [-0.05, 0) is 40.9 Å². The first kappa shape index (κ1) is 14.6. The van der Waals surface area contributed by atoms with Gasteiger partial charge in [0.05, 0.1) is 0 Å². The molecule has 1 heterocycles. The zero-order chi connectivity index (χ0) is 13.8. The molecule has 0 saturated carbocycles. The molecule has 2 N–H and O–H groups in total. The highest BCUT2D eigenvalue weighted by molar-refractivity contribution is 9.10. The molecule has 5 nitrogen and oxygen atoms in total. The summed E-state index contributed by atoms with van der Waals surface area (Å²) in [5.41, 5.74) is -1.04. The first-order valence-electron chi connectivity index (χ1n) is 5.63. The molecule has 0 bridgehead atoms. The summed E-state index contributed by atoms with van der Waals surface area (Å²) in [6.07, 6.45) is 0.636. The topological polar surface area (TPSA) is 79.3 Å². The van der Waals surface area contributed by atoms with Crippen molar-refractivity contribution in [3.05, 3.63) is 28.5 Å². The predicted octanol–water partition coefficient (Wildman–Crippen LogP) is 2.22. The van der Waals surface area contributed by atoms with Crippen LogP contribution in [0.4, 0.5) is 0 Å². The molecule has 1 aromatic heterocycles. The number of carboxylic acid groups (broad SMARTS) is 1. The number of nitrogens with one attached hydrogen (secondary N) is 1. The van der Waals surface area contributed by atoms with Gasteiger partial charge in [-0.3, -0.25) is 4.79 Å². The number of carbonyl (C=O) groups is 2. The highest BCUT2D eigenvalue weighted by Crippen LogP contribution is 2.16. The van der Waals surface area contributed by atoms with Crippen molar-refractivity contribution < 1.29 is 14.7 Å². The van der Waals surface area contributed by atoms with E-state index in [1.807, 2.05) is 0 Å². The summed E-state index contributed by atoms with van der Waals surface area (Å²) >= 11 is 3.17. The zero-order valence-corrected chi connectivity index (χ0v) is 11.8. The molecule has 0 unspecified atom stereocenters. The van der Waals surface area contributed by atoms with Gasteiger partial charge in [-0.15, -0.1) is 0 Å². The molecule has 6 heteroatoms. The lowest BCUT2D eigenvalue weighted by Gasteiger charge is -2.27. The van der Waals surface area contributed by atoms with Crippen LogP contribution in [-0.2, 0) is 4.79 Å². The molecule has 0 fully saturated rings. The third-order valence-electron chi connectivity index (χ3n) is 2.92. The van der Waals surface area contributed by atoms with E-state index in [2.05, 4.69) is 26.2 Å². The Labute approximate surface area is 114 Å². The smallest absolute Gasteiger partial charge is 0.329 e. The molecule has 1 rings (SSSR count). The van der Waals surface area contributed by atoms with Gasteiger partial charge in [0.1, 0.15) is 15.8 Å². The van der Waals surface area contributed by atoms with E-state index in [4.69, 9.17) is 0 Å². The molecule has 0 aliphatic carbocycles. The maximum absolute atomic E-state index is 12.0. The largest absolute Gasteiger partial charge is 0.480 e.